The molecule has 4 amide bonds. The lowest BCUT2D eigenvalue weighted by molar-refractivity contribution is -0.149. The number of benzene rings is 1. The molecule has 0 spiro atoms. The average molecular weight is 360 g/mol. The third kappa shape index (κ3) is 3.50. The first-order valence-corrected chi connectivity index (χ1v) is 8.70. The molecule has 140 valence electrons. The first-order valence-electron chi connectivity index (χ1n) is 8.70. The number of carbonyl (C=O) groups is 3. The van der Waals surface area contributed by atoms with Crippen molar-refractivity contribution in [3.05, 3.63) is 29.3 Å². The van der Waals surface area contributed by atoms with Gasteiger partial charge in [-0.3, -0.25) is 9.59 Å². The van der Waals surface area contributed by atoms with Crippen LogP contribution in [-0.2, 0) is 9.59 Å². The van der Waals surface area contributed by atoms with E-state index in [2.05, 4.69) is 16.0 Å². The van der Waals surface area contributed by atoms with Gasteiger partial charge in [0, 0.05) is 12.2 Å². The molecular weight excluding hydrogens is 336 g/mol. The number of anilines is 1. The summed E-state index contributed by atoms with van der Waals surface area (Å²) in [6.07, 6.45) is -0.614. The molecule has 1 aromatic carbocycles. The highest BCUT2D eigenvalue weighted by Gasteiger charge is 2.47. The fraction of sp³-hybridized carbons (Fsp3) is 0.500. The number of carbonyl (C=O) groups excluding carboxylic acids is 3. The highest BCUT2D eigenvalue weighted by molar-refractivity contribution is 5.98. The lowest BCUT2D eigenvalue weighted by Crippen LogP contribution is -2.64. The third-order valence-corrected chi connectivity index (χ3v) is 5.03. The van der Waals surface area contributed by atoms with Gasteiger partial charge in [-0.25, -0.2) is 4.79 Å². The summed E-state index contributed by atoms with van der Waals surface area (Å²) in [4.78, 5) is 38.3. The quantitative estimate of drug-likeness (QED) is 0.620. The third-order valence-electron chi connectivity index (χ3n) is 5.03. The van der Waals surface area contributed by atoms with Gasteiger partial charge in [0.05, 0.1) is 12.1 Å². The van der Waals surface area contributed by atoms with Crippen molar-refractivity contribution >= 4 is 23.5 Å². The Morgan fingerprint density at radius 2 is 2.04 bits per heavy atom. The lowest BCUT2D eigenvalue weighted by atomic mass is 10.0. The second kappa shape index (κ2) is 6.95. The average Bonchev–Trinajstić information content (AvgIpc) is 2.98. The highest BCUT2D eigenvalue weighted by Crippen LogP contribution is 2.24. The number of hydrogen-bond donors (Lipinski definition) is 4. The van der Waals surface area contributed by atoms with Gasteiger partial charge < -0.3 is 26.0 Å². The van der Waals surface area contributed by atoms with Crippen molar-refractivity contribution in [2.24, 2.45) is 0 Å². The van der Waals surface area contributed by atoms with E-state index in [0.717, 1.165) is 11.1 Å². The summed E-state index contributed by atoms with van der Waals surface area (Å²) in [6, 6.07) is 3.40. The van der Waals surface area contributed by atoms with E-state index in [1.54, 1.807) is 0 Å². The molecule has 2 heterocycles. The molecule has 0 saturated carbocycles. The van der Waals surface area contributed by atoms with Gasteiger partial charge >= 0.3 is 6.03 Å². The lowest BCUT2D eigenvalue weighted by Gasteiger charge is -2.35. The number of hydrogen-bond acceptors (Lipinski definition) is 4. The zero-order chi connectivity index (χ0) is 19.0. The van der Waals surface area contributed by atoms with Crippen LogP contribution in [0.3, 0.4) is 0 Å². The highest BCUT2D eigenvalue weighted by atomic mass is 16.3. The molecule has 2 aliphatic heterocycles. The molecule has 2 saturated heterocycles. The molecule has 1 aromatic rings. The number of fused-ring (bicyclic) bond motifs is 1. The van der Waals surface area contributed by atoms with Crippen LogP contribution >= 0.6 is 0 Å². The summed E-state index contributed by atoms with van der Waals surface area (Å²) in [5.74, 6) is -0.613. The Morgan fingerprint density at radius 1 is 1.31 bits per heavy atom. The van der Waals surface area contributed by atoms with Crippen molar-refractivity contribution in [3.63, 3.8) is 0 Å². The molecule has 4 atom stereocenters. The minimum absolute atomic E-state index is 0.250. The Kier molecular flexibility index (Phi) is 4.86. The van der Waals surface area contributed by atoms with Crippen molar-refractivity contribution in [1.82, 2.24) is 15.5 Å². The van der Waals surface area contributed by atoms with Crippen molar-refractivity contribution < 1.29 is 19.5 Å². The van der Waals surface area contributed by atoms with Crippen molar-refractivity contribution in [1.29, 1.82) is 0 Å². The molecular formula is C18H24N4O4. The van der Waals surface area contributed by atoms with Crippen molar-refractivity contribution in [2.45, 2.75) is 51.4 Å². The maximum atomic E-state index is 12.4. The Morgan fingerprint density at radius 3 is 2.69 bits per heavy atom. The second-order valence-corrected chi connectivity index (χ2v) is 7.06. The summed E-state index contributed by atoms with van der Waals surface area (Å²) >= 11 is 0. The smallest absolute Gasteiger partial charge is 0.319 e. The fourth-order valence-corrected chi connectivity index (χ4v) is 3.42. The molecule has 26 heavy (non-hydrogen) atoms. The molecule has 3 rings (SSSR count). The Balaban J connectivity index is 1.61. The predicted octanol–water partition coefficient (Wildman–Crippen LogP) is 0.274. The monoisotopic (exact) mass is 360 g/mol. The number of amides is 4. The van der Waals surface area contributed by atoms with Crippen LogP contribution < -0.4 is 16.0 Å². The second-order valence-electron chi connectivity index (χ2n) is 7.06. The number of nitrogens with one attached hydrogen (secondary N) is 3. The maximum absolute atomic E-state index is 12.4. The van der Waals surface area contributed by atoms with Gasteiger partial charge in [0.25, 0.3) is 0 Å². The minimum atomic E-state index is -0.965. The number of piperazine rings is 1. The summed E-state index contributed by atoms with van der Waals surface area (Å²) in [5, 5.41) is 17.8. The maximum Gasteiger partial charge on any atom is 0.319 e. The molecule has 2 fully saturated rings. The molecule has 2 aliphatic rings. The summed E-state index contributed by atoms with van der Waals surface area (Å²) < 4.78 is 0. The predicted molar refractivity (Wildman–Crippen MR) is 95.6 cm³/mol. The van der Waals surface area contributed by atoms with E-state index in [4.69, 9.17) is 0 Å². The normalized spacial score (nSPS) is 26.2. The number of aliphatic hydroxyl groups excluding tert-OH is 1. The zero-order valence-corrected chi connectivity index (χ0v) is 15.1. The fourth-order valence-electron chi connectivity index (χ4n) is 3.42. The van der Waals surface area contributed by atoms with Crippen LogP contribution in [0.2, 0.25) is 0 Å². The van der Waals surface area contributed by atoms with Crippen LogP contribution in [0.15, 0.2) is 18.2 Å². The van der Waals surface area contributed by atoms with Crippen LogP contribution in [0.5, 0.6) is 0 Å². The number of nitrogens with zero attached hydrogens (tertiary/aromatic N) is 1. The Bertz CT molecular complexity index is 749. The van der Waals surface area contributed by atoms with Gasteiger partial charge in [0.15, 0.2) is 0 Å². The van der Waals surface area contributed by atoms with Crippen LogP contribution in [0, 0.1) is 13.8 Å². The zero-order valence-electron chi connectivity index (χ0n) is 15.1. The van der Waals surface area contributed by atoms with E-state index >= 15 is 0 Å². The summed E-state index contributed by atoms with van der Waals surface area (Å²) in [5.41, 5.74) is 2.90. The van der Waals surface area contributed by atoms with E-state index < -0.39 is 18.2 Å². The largest absolute Gasteiger partial charge is 0.391 e. The van der Waals surface area contributed by atoms with Gasteiger partial charge in [-0.1, -0.05) is 6.07 Å². The van der Waals surface area contributed by atoms with Crippen LogP contribution in [0.1, 0.15) is 24.5 Å². The Labute approximate surface area is 151 Å². The number of urea groups is 1. The van der Waals surface area contributed by atoms with E-state index in [9.17, 15) is 19.5 Å². The van der Waals surface area contributed by atoms with Crippen molar-refractivity contribution in [2.75, 3.05) is 11.9 Å². The molecule has 0 bridgehead atoms. The van der Waals surface area contributed by atoms with Gasteiger partial charge in [-0.2, -0.15) is 0 Å². The standard InChI is InChI=1S/C18H24N4O4/c1-9-4-5-12(6-10(9)2)19-18(26)20-13-7-14-16(24)21-15(11(3)23)17(25)22(14)8-13/h4-6,11,13-15,23H,7-8H2,1-3H3,(H,21,24)(H2,19,20,26)/t11-,13-,14-,15+/m0/s1. The van der Waals surface area contributed by atoms with Crippen LogP contribution in [0.4, 0.5) is 10.5 Å². The summed E-state index contributed by atoms with van der Waals surface area (Å²) in [7, 11) is 0. The van der Waals surface area contributed by atoms with E-state index in [0.29, 0.717) is 12.1 Å². The number of aliphatic hydroxyl groups is 1. The van der Waals surface area contributed by atoms with Gasteiger partial charge in [-0.15, -0.1) is 0 Å². The van der Waals surface area contributed by atoms with E-state index in [1.165, 1.54) is 11.8 Å². The first-order chi connectivity index (χ1) is 12.3. The first kappa shape index (κ1) is 18.2. The van der Waals surface area contributed by atoms with Crippen LogP contribution in [-0.4, -0.2) is 58.6 Å². The van der Waals surface area contributed by atoms with E-state index in [1.807, 2.05) is 32.0 Å². The van der Waals surface area contributed by atoms with Gasteiger partial charge in [-0.05, 0) is 50.5 Å². The Hall–Kier alpha value is -2.61. The molecule has 0 aromatic heterocycles. The van der Waals surface area contributed by atoms with Gasteiger partial charge in [0.1, 0.15) is 12.1 Å². The number of rotatable bonds is 3. The molecule has 8 nitrogen and oxygen atoms in total. The number of aryl methyl sites for hydroxylation is 2. The van der Waals surface area contributed by atoms with E-state index in [-0.39, 0.29) is 30.4 Å². The molecule has 0 unspecified atom stereocenters. The van der Waals surface area contributed by atoms with Crippen LogP contribution in [0.25, 0.3) is 0 Å². The molecule has 4 N–H and O–H groups in total. The SMILES string of the molecule is Cc1ccc(NC(=O)N[C@H]2C[C@H]3C(=O)N[C@H]([C@H](C)O)C(=O)N3C2)cc1C. The topological polar surface area (TPSA) is 111 Å². The molecule has 0 radical (unpaired) electrons. The van der Waals surface area contributed by atoms with Gasteiger partial charge in [0.2, 0.25) is 11.8 Å². The molecule has 8 heteroatoms. The minimum Gasteiger partial charge on any atom is -0.391 e. The van der Waals surface area contributed by atoms with Crippen molar-refractivity contribution in [3.8, 4) is 0 Å². The summed E-state index contributed by atoms with van der Waals surface area (Å²) in [6.45, 7) is 5.68. The molecule has 0 aliphatic carbocycles.